The van der Waals surface area contributed by atoms with Gasteiger partial charge in [-0.3, -0.25) is 4.99 Å². The fraction of sp³-hybridized carbons (Fsp3) is 0.462. The lowest BCUT2D eigenvalue weighted by molar-refractivity contribution is 0.508. The molecular formula is C13H21FIN3. The van der Waals surface area contributed by atoms with Gasteiger partial charge in [0.2, 0.25) is 0 Å². The first-order valence-electron chi connectivity index (χ1n) is 5.69. The van der Waals surface area contributed by atoms with Crippen LogP contribution in [0.4, 0.5) is 4.39 Å². The average molecular weight is 365 g/mol. The van der Waals surface area contributed by atoms with Gasteiger partial charge in [0.05, 0.1) is 0 Å². The molecule has 0 radical (unpaired) electrons. The topological polar surface area (TPSA) is 50.4 Å². The van der Waals surface area contributed by atoms with E-state index in [4.69, 9.17) is 5.73 Å². The zero-order valence-corrected chi connectivity index (χ0v) is 13.4. The van der Waals surface area contributed by atoms with E-state index >= 15 is 0 Å². The minimum absolute atomic E-state index is 0. The molecule has 0 aliphatic heterocycles. The van der Waals surface area contributed by atoms with Crippen LogP contribution in [0.3, 0.4) is 0 Å². The second-order valence-electron chi connectivity index (χ2n) is 5.02. The van der Waals surface area contributed by atoms with Crippen molar-refractivity contribution >= 4 is 29.9 Å². The van der Waals surface area contributed by atoms with Gasteiger partial charge in [-0.05, 0) is 44.9 Å². The molecule has 0 atom stereocenters. The molecule has 102 valence electrons. The molecule has 1 aromatic rings. The molecule has 0 aromatic heterocycles. The maximum Gasteiger partial charge on any atom is 0.188 e. The smallest absolute Gasteiger partial charge is 0.188 e. The number of nitrogens with one attached hydrogen (secondary N) is 1. The predicted molar refractivity (Wildman–Crippen MR) is 84.9 cm³/mol. The monoisotopic (exact) mass is 365 g/mol. The Labute approximate surface area is 125 Å². The lowest BCUT2D eigenvalue weighted by atomic mass is 10.1. The van der Waals surface area contributed by atoms with Crippen LogP contribution in [-0.2, 0) is 6.42 Å². The van der Waals surface area contributed by atoms with Crippen molar-refractivity contribution in [1.29, 1.82) is 0 Å². The summed E-state index contributed by atoms with van der Waals surface area (Å²) in [4.78, 5) is 4.22. The SMILES string of the molecule is CC(C)(C)NC(N)=NCCc1ccc(F)cc1.I. The Morgan fingerprint density at radius 3 is 2.33 bits per heavy atom. The van der Waals surface area contributed by atoms with Crippen molar-refractivity contribution in [3.05, 3.63) is 35.6 Å². The van der Waals surface area contributed by atoms with Gasteiger partial charge in [0.1, 0.15) is 5.82 Å². The van der Waals surface area contributed by atoms with Crippen LogP contribution in [0.15, 0.2) is 29.3 Å². The summed E-state index contributed by atoms with van der Waals surface area (Å²) in [6.07, 6.45) is 0.757. The van der Waals surface area contributed by atoms with Gasteiger partial charge in [-0.25, -0.2) is 4.39 Å². The first-order chi connectivity index (χ1) is 7.87. The highest BCUT2D eigenvalue weighted by atomic mass is 127. The largest absolute Gasteiger partial charge is 0.370 e. The third-order valence-electron chi connectivity index (χ3n) is 2.10. The van der Waals surface area contributed by atoms with E-state index in [0.29, 0.717) is 12.5 Å². The van der Waals surface area contributed by atoms with E-state index in [-0.39, 0.29) is 35.3 Å². The Kier molecular flexibility index (Phi) is 7.20. The third-order valence-corrected chi connectivity index (χ3v) is 2.10. The normalized spacial score (nSPS) is 11.9. The first kappa shape index (κ1) is 17.2. The van der Waals surface area contributed by atoms with Crippen molar-refractivity contribution in [3.63, 3.8) is 0 Å². The molecule has 18 heavy (non-hydrogen) atoms. The van der Waals surface area contributed by atoms with Gasteiger partial charge >= 0.3 is 0 Å². The molecule has 5 heteroatoms. The summed E-state index contributed by atoms with van der Waals surface area (Å²) in [7, 11) is 0. The van der Waals surface area contributed by atoms with Crippen LogP contribution in [0, 0.1) is 5.82 Å². The molecule has 0 spiro atoms. The molecule has 1 rings (SSSR count). The van der Waals surface area contributed by atoms with Gasteiger partial charge in [0, 0.05) is 12.1 Å². The molecule has 1 aromatic carbocycles. The highest BCUT2D eigenvalue weighted by Crippen LogP contribution is 2.03. The molecule has 0 aliphatic rings. The fourth-order valence-electron chi connectivity index (χ4n) is 1.38. The molecule has 0 fully saturated rings. The summed E-state index contributed by atoms with van der Waals surface area (Å²) in [6.45, 7) is 6.67. The van der Waals surface area contributed by atoms with Crippen molar-refractivity contribution < 1.29 is 4.39 Å². The van der Waals surface area contributed by atoms with Crippen molar-refractivity contribution in [2.24, 2.45) is 10.7 Å². The van der Waals surface area contributed by atoms with Gasteiger partial charge in [-0.1, -0.05) is 12.1 Å². The number of halogens is 2. The van der Waals surface area contributed by atoms with Crippen LogP contribution in [0.25, 0.3) is 0 Å². The van der Waals surface area contributed by atoms with Crippen molar-refractivity contribution in [2.75, 3.05) is 6.54 Å². The van der Waals surface area contributed by atoms with Crippen LogP contribution in [0.2, 0.25) is 0 Å². The van der Waals surface area contributed by atoms with Crippen molar-refractivity contribution in [3.8, 4) is 0 Å². The lowest BCUT2D eigenvalue weighted by Gasteiger charge is -2.20. The fourth-order valence-corrected chi connectivity index (χ4v) is 1.38. The summed E-state index contributed by atoms with van der Waals surface area (Å²) in [5.41, 5.74) is 6.70. The maximum absolute atomic E-state index is 12.7. The first-order valence-corrected chi connectivity index (χ1v) is 5.69. The highest BCUT2D eigenvalue weighted by molar-refractivity contribution is 14.0. The number of rotatable bonds is 3. The van der Waals surface area contributed by atoms with Gasteiger partial charge in [-0.2, -0.15) is 0 Å². The third kappa shape index (κ3) is 7.47. The van der Waals surface area contributed by atoms with Gasteiger partial charge < -0.3 is 11.1 Å². The number of aliphatic imine (C=N–C) groups is 1. The van der Waals surface area contributed by atoms with Crippen molar-refractivity contribution in [2.45, 2.75) is 32.7 Å². The summed E-state index contributed by atoms with van der Waals surface area (Å²) < 4.78 is 12.7. The Balaban J connectivity index is 0.00000289. The summed E-state index contributed by atoms with van der Waals surface area (Å²) in [5.74, 6) is 0.228. The van der Waals surface area contributed by atoms with Gasteiger partial charge in [-0.15, -0.1) is 24.0 Å². The number of nitrogens with zero attached hydrogens (tertiary/aromatic N) is 1. The Morgan fingerprint density at radius 1 is 1.28 bits per heavy atom. The van der Waals surface area contributed by atoms with Crippen LogP contribution in [-0.4, -0.2) is 18.0 Å². The minimum atomic E-state index is -0.217. The summed E-state index contributed by atoms with van der Waals surface area (Å²) >= 11 is 0. The minimum Gasteiger partial charge on any atom is -0.370 e. The number of guanidine groups is 1. The number of hydrogen-bond acceptors (Lipinski definition) is 1. The molecule has 0 heterocycles. The average Bonchev–Trinajstić information content (AvgIpc) is 2.18. The van der Waals surface area contributed by atoms with Gasteiger partial charge in [0.25, 0.3) is 0 Å². The molecule has 0 saturated carbocycles. The lowest BCUT2D eigenvalue weighted by Crippen LogP contribution is -2.45. The highest BCUT2D eigenvalue weighted by Gasteiger charge is 2.09. The van der Waals surface area contributed by atoms with Gasteiger partial charge in [0.15, 0.2) is 5.96 Å². The second kappa shape index (κ2) is 7.56. The Morgan fingerprint density at radius 2 is 1.83 bits per heavy atom. The van der Waals surface area contributed by atoms with E-state index in [1.165, 1.54) is 12.1 Å². The number of hydrogen-bond donors (Lipinski definition) is 2. The van der Waals surface area contributed by atoms with E-state index in [9.17, 15) is 4.39 Å². The van der Waals surface area contributed by atoms with E-state index in [1.807, 2.05) is 20.8 Å². The second-order valence-corrected chi connectivity index (χ2v) is 5.02. The van der Waals surface area contributed by atoms with Crippen LogP contribution in [0.5, 0.6) is 0 Å². The van der Waals surface area contributed by atoms with E-state index in [2.05, 4.69) is 10.3 Å². The maximum atomic E-state index is 12.7. The Bertz CT molecular complexity index is 382. The Hall–Kier alpha value is -0.850. The van der Waals surface area contributed by atoms with Crippen molar-refractivity contribution in [1.82, 2.24) is 5.32 Å². The summed E-state index contributed by atoms with van der Waals surface area (Å²) in [6, 6.07) is 6.43. The zero-order valence-electron chi connectivity index (χ0n) is 11.0. The van der Waals surface area contributed by atoms with Crippen LogP contribution < -0.4 is 11.1 Å². The van der Waals surface area contributed by atoms with E-state index < -0.39 is 0 Å². The predicted octanol–water partition coefficient (Wildman–Crippen LogP) is 2.69. The standard InChI is InChI=1S/C13H20FN3.HI/c1-13(2,3)17-12(15)16-9-8-10-4-6-11(14)7-5-10;/h4-7H,8-9H2,1-3H3,(H3,15,16,17);1H. The molecule has 3 N–H and O–H groups in total. The zero-order chi connectivity index (χ0) is 12.9. The summed E-state index contributed by atoms with van der Waals surface area (Å²) in [5, 5.41) is 3.08. The van der Waals surface area contributed by atoms with E-state index in [0.717, 1.165) is 12.0 Å². The van der Waals surface area contributed by atoms with E-state index in [1.54, 1.807) is 12.1 Å². The molecule has 0 aliphatic carbocycles. The molecule has 0 bridgehead atoms. The number of nitrogens with two attached hydrogens (primary N) is 1. The molecule has 0 unspecified atom stereocenters. The molecular weight excluding hydrogens is 344 g/mol. The molecule has 3 nitrogen and oxygen atoms in total. The van der Waals surface area contributed by atoms with Crippen LogP contribution >= 0.6 is 24.0 Å². The molecule has 0 saturated heterocycles. The van der Waals surface area contributed by atoms with Crippen LogP contribution in [0.1, 0.15) is 26.3 Å². The quantitative estimate of drug-likeness (QED) is 0.492. The molecule has 0 amide bonds. The number of benzene rings is 1.